The Hall–Kier alpha value is -2.20. The molecule has 0 bridgehead atoms. The van der Waals surface area contributed by atoms with Gasteiger partial charge in [0.25, 0.3) is 0 Å². The lowest BCUT2D eigenvalue weighted by molar-refractivity contribution is 0.0988. The second-order valence-corrected chi connectivity index (χ2v) is 5.49. The summed E-state index contributed by atoms with van der Waals surface area (Å²) in [5, 5.41) is 0. The van der Waals surface area contributed by atoms with E-state index in [2.05, 4.69) is 15.9 Å². The number of fused-ring (bicyclic) bond motifs is 1. The topological polar surface area (TPSA) is 43.4 Å². The summed E-state index contributed by atoms with van der Waals surface area (Å²) in [7, 11) is 0. The van der Waals surface area contributed by atoms with Crippen molar-refractivity contribution in [1.29, 1.82) is 0 Å². The maximum atomic E-state index is 12.1. The minimum absolute atomic E-state index is 0.199. The average molecular weight is 343 g/mol. The van der Waals surface area contributed by atoms with Crippen molar-refractivity contribution in [2.24, 2.45) is 0 Å². The van der Waals surface area contributed by atoms with Crippen LogP contribution in [0.1, 0.15) is 26.3 Å². The Balaban J connectivity index is 1.93. The molecule has 104 valence electrons. The zero-order chi connectivity index (χ0) is 14.8. The van der Waals surface area contributed by atoms with E-state index < -0.39 is 0 Å². The number of carbonyl (C=O) groups is 2. The molecule has 0 unspecified atom stereocenters. The SMILES string of the molecule is O=C1C(Br)=CC(=O)c2c(OCc3ccccc3)cccc21. The Morgan fingerprint density at radius 1 is 0.952 bits per heavy atom. The molecule has 0 radical (unpaired) electrons. The fraction of sp³-hybridized carbons (Fsp3) is 0.0588. The minimum atomic E-state index is -0.222. The lowest BCUT2D eigenvalue weighted by Crippen LogP contribution is -2.16. The van der Waals surface area contributed by atoms with Crippen LogP contribution in [0.4, 0.5) is 0 Å². The highest BCUT2D eigenvalue weighted by Gasteiger charge is 2.27. The van der Waals surface area contributed by atoms with Crippen LogP contribution < -0.4 is 4.74 Å². The van der Waals surface area contributed by atoms with Crippen LogP contribution in [0.5, 0.6) is 5.75 Å². The van der Waals surface area contributed by atoms with Crippen LogP contribution in [0, 0.1) is 0 Å². The number of benzene rings is 2. The molecule has 0 amide bonds. The Labute approximate surface area is 130 Å². The number of ether oxygens (including phenoxy) is 1. The highest BCUT2D eigenvalue weighted by molar-refractivity contribution is 9.12. The van der Waals surface area contributed by atoms with E-state index in [4.69, 9.17) is 4.74 Å². The monoisotopic (exact) mass is 342 g/mol. The summed E-state index contributed by atoms with van der Waals surface area (Å²) < 4.78 is 6.00. The minimum Gasteiger partial charge on any atom is -0.488 e. The predicted molar refractivity (Wildman–Crippen MR) is 82.9 cm³/mol. The summed E-state index contributed by atoms with van der Waals surface area (Å²) in [6, 6.07) is 14.7. The smallest absolute Gasteiger partial charge is 0.200 e. The van der Waals surface area contributed by atoms with E-state index in [1.54, 1.807) is 18.2 Å². The summed E-state index contributed by atoms with van der Waals surface area (Å²) in [6.07, 6.45) is 1.29. The van der Waals surface area contributed by atoms with E-state index in [0.717, 1.165) is 5.56 Å². The Kier molecular flexibility index (Phi) is 3.71. The molecule has 0 spiro atoms. The molecule has 1 aliphatic carbocycles. The van der Waals surface area contributed by atoms with Gasteiger partial charge in [-0.25, -0.2) is 0 Å². The number of halogens is 1. The van der Waals surface area contributed by atoms with Crippen molar-refractivity contribution in [2.75, 3.05) is 0 Å². The molecule has 0 aromatic heterocycles. The van der Waals surface area contributed by atoms with Crippen LogP contribution in [0.3, 0.4) is 0 Å². The molecule has 0 fully saturated rings. The van der Waals surface area contributed by atoms with Crippen molar-refractivity contribution in [2.45, 2.75) is 6.61 Å². The molecule has 2 aromatic rings. The molecule has 21 heavy (non-hydrogen) atoms. The number of hydrogen-bond acceptors (Lipinski definition) is 3. The van der Waals surface area contributed by atoms with Gasteiger partial charge in [-0.3, -0.25) is 9.59 Å². The first kappa shape index (κ1) is 13.8. The summed E-state index contributed by atoms with van der Waals surface area (Å²) in [5.74, 6) is 0.0147. The van der Waals surface area contributed by atoms with Crippen LogP contribution in [-0.4, -0.2) is 11.6 Å². The van der Waals surface area contributed by atoms with E-state index in [-0.39, 0.29) is 16.0 Å². The van der Waals surface area contributed by atoms with Crippen LogP contribution in [-0.2, 0) is 6.61 Å². The second kappa shape index (κ2) is 5.66. The number of ketones is 2. The van der Waals surface area contributed by atoms with Gasteiger partial charge in [0, 0.05) is 11.6 Å². The predicted octanol–water partition coefficient (Wildman–Crippen LogP) is 3.92. The van der Waals surface area contributed by atoms with Crippen molar-refractivity contribution in [1.82, 2.24) is 0 Å². The zero-order valence-corrected chi connectivity index (χ0v) is 12.6. The molecule has 0 heterocycles. The number of Topliss-reactive ketones (excluding diaryl/α,β-unsaturated/α-hetero) is 1. The molecule has 0 saturated heterocycles. The summed E-state index contributed by atoms with van der Waals surface area (Å²) >= 11 is 3.11. The van der Waals surface area contributed by atoms with Crippen LogP contribution in [0.2, 0.25) is 0 Å². The van der Waals surface area contributed by atoms with Gasteiger partial charge in [0.15, 0.2) is 5.78 Å². The van der Waals surface area contributed by atoms with Crippen molar-refractivity contribution in [3.8, 4) is 5.75 Å². The van der Waals surface area contributed by atoms with Gasteiger partial charge >= 0.3 is 0 Å². The van der Waals surface area contributed by atoms with E-state index in [0.29, 0.717) is 23.5 Å². The van der Waals surface area contributed by atoms with Gasteiger partial charge in [-0.05, 0) is 33.6 Å². The third-order valence-corrected chi connectivity index (χ3v) is 3.82. The number of carbonyl (C=O) groups excluding carboxylic acids is 2. The molecule has 3 rings (SSSR count). The first-order chi connectivity index (χ1) is 10.2. The van der Waals surface area contributed by atoms with Crippen molar-refractivity contribution < 1.29 is 14.3 Å². The third kappa shape index (κ3) is 2.67. The molecule has 0 aliphatic heterocycles. The molecule has 0 N–H and O–H groups in total. The molecular formula is C17H11BrO3. The summed E-state index contributed by atoms with van der Waals surface area (Å²) in [6.45, 7) is 0.351. The number of allylic oxidation sites excluding steroid dienone is 2. The molecule has 0 atom stereocenters. The summed E-state index contributed by atoms with van der Waals surface area (Å²) in [5.41, 5.74) is 1.71. The van der Waals surface area contributed by atoms with Gasteiger partial charge in [-0.2, -0.15) is 0 Å². The molecule has 2 aromatic carbocycles. The Morgan fingerprint density at radius 3 is 2.48 bits per heavy atom. The molecule has 1 aliphatic rings. The van der Waals surface area contributed by atoms with E-state index in [1.807, 2.05) is 30.3 Å². The van der Waals surface area contributed by atoms with E-state index in [9.17, 15) is 9.59 Å². The molecule has 3 nitrogen and oxygen atoms in total. The third-order valence-electron chi connectivity index (χ3n) is 3.23. The first-order valence-electron chi connectivity index (χ1n) is 6.43. The highest BCUT2D eigenvalue weighted by atomic mass is 79.9. The largest absolute Gasteiger partial charge is 0.488 e. The highest BCUT2D eigenvalue weighted by Crippen LogP contribution is 2.31. The van der Waals surface area contributed by atoms with Crippen molar-refractivity contribution in [3.63, 3.8) is 0 Å². The first-order valence-corrected chi connectivity index (χ1v) is 7.22. The summed E-state index contributed by atoms with van der Waals surface area (Å²) in [4.78, 5) is 24.2. The number of rotatable bonds is 3. The van der Waals surface area contributed by atoms with Gasteiger partial charge in [-0.1, -0.05) is 36.4 Å². The van der Waals surface area contributed by atoms with Crippen LogP contribution in [0.25, 0.3) is 0 Å². The van der Waals surface area contributed by atoms with Crippen LogP contribution in [0.15, 0.2) is 59.1 Å². The second-order valence-electron chi connectivity index (χ2n) is 4.64. The fourth-order valence-corrected chi connectivity index (χ4v) is 2.63. The quantitative estimate of drug-likeness (QED) is 0.848. The van der Waals surface area contributed by atoms with Crippen molar-refractivity contribution >= 4 is 27.5 Å². The molecular weight excluding hydrogens is 332 g/mol. The average Bonchev–Trinajstić information content (AvgIpc) is 2.51. The van der Waals surface area contributed by atoms with Gasteiger partial charge in [0.05, 0.1) is 10.0 Å². The van der Waals surface area contributed by atoms with Gasteiger partial charge < -0.3 is 4.74 Å². The normalized spacial score (nSPS) is 13.7. The lowest BCUT2D eigenvalue weighted by atomic mass is 9.94. The number of hydrogen-bond donors (Lipinski definition) is 0. The Bertz CT molecular complexity index is 748. The van der Waals surface area contributed by atoms with Gasteiger partial charge in [0.1, 0.15) is 12.4 Å². The van der Waals surface area contributed by atoms with E-state index >= 15 is 0 Å². The van der Waals surface area contributed by atoms with Crippen molar-refractivity contribution in [3.05, 3.63) is 75.8 Å². The molecule has 0 saturated carbocycles. The lowest BCUT2D eigenvalue weighted by Gasteiger charge is -2.16. The van der Waals surface area contributed by atoms with Gasteiger partial charge in [0.2, 0.25) is 5.78 Å². The fourth-order valence-electron chi connectivity index (χ4n) is 2.21. The standard InChI is InChI=1S/C17H11BrO3/c18-13-9-14(19)16-12(17(13)20)7-4-8-15(16)21-10-11-5-2-1-3-6-11/h1-9H,10H2. The van der Waals surface area contributed by atoms with Crippen LogP contribution >= 0.6 is 15.9 Å². The van der Waals surface area contributed by atoms with E-state index in [1.165, 1.54) is 6.08 Å². The molecule has 4 heteroatoms. The maximum absolute atomic E-state index is 12.1. The Morgan fingerprint density at radius 2 is 1.71 bits per heavy atom. The maximum Gasteiger partial charge on any atom is 0.200 e. The zero-order valence-electron chi connectivity index (χ0n) is 11.0. The van der Waals surface area contributed by atoms with Gasteiger partial charge in [-0.15, -0.1) is 0 Å².